The Morgan fingerprint density at radius 2 is 2.28 bits per heavy atom. The zero-order chi connectivity index (χ0) is 13.0. The van der Waals surface area contributed by atoms with Crippen molar-refractivity contribution in [2.45, 2.75) is 31.2 Å². The predicted octanol–water partition coefficient (Wildman–Crippen LogP) is 3.33. The van der Waals surface area contributed by atoms with Crippen LogP contribution in [0.4, 0.5) is 4.39 Å². The maximum Gasteiger partial charge on any atom is 0.131 e. The van der Waals surface area contributed by atoms with Crippen LogP contribution in [-0.2, 0) is 6.54 Å². The number of hydrogen-bond acceptors (Lipinski definition) is 2. The second-order valence-electron chi connectivity index (χ2n) is 4.86. The highest BCUT2D eigenvalue weighted by molar-refractivity contribution is 6.20. The molecule has 18 heavy (non-hydrogen) atoms. The smallest absolute Gasteiger partial charge is 0.131 e. The number of ether oxygens (including phenoxy) is 1. The molecule has 1 aliphatic carbocycles. The van der Waals surface area contributed by atoms with Crippen LogP contribution in [0.25, 0.3) is 0 Å². The average Bonchev–Trinajstić information content (AvgIpc) is 2.77. The van der Waals surface area contributed by atoms with Crippen LogP contribution in [0.3, 0.4) is 0 Å². The molecule has 0 bridgehead atoms. The molecule has 2 nitrogen and oxygen atoms in total. The quantitative estimate of drug-likeness (QED) is 0.830. The van der Waals surface area contributed by atoms with Gasteiger partial charge in [-0.05, 0) is 37.8 Å². The first-order valence-corrected chi connectivity index (χ1v) is 6.80. The molecule has 1 aromatic carbocycles. The Kier molecular flexibility index (Phi) is 4.84. The van der Waals surface area contributed by atoms with Gasteiger partial charge in [0.05, 0.1) is 7.11 Å². The molecule has 0 aliphatic heterocycles. The number of hydrogen-bond donors (Lipinski definition) is 1. The van der Waals surface area contributed by atoms with E-state index >= 15 is 0 Å². The molecule has 1 aromatic rings. The van der Waals surface area contributed by atoms with Gasteiger partial charge in [0.25, 0.3) is 0 Å². The molecular weight excluding hydrogens is 253 g/mol. The molecule has 4 heteroatoms. The van der Waals surface area contributed by atoms with Crippen molar-refractivity contribution in [3.05, 3.63) is 29.6 Å². The number of nitrogens with one attached hydrogen (secondary N) is 1. The van der Waals surface area contributed by atoms with Gasteiger partial charge >= 0.3 is 0 Å². The molecule has 100 valence electrons. The number of alkyl halides is 1. The maximum atomic E-state index is 13.7. The summed E-state index contributed by atoms with van der Waals surface area (Å²) in [6, 6.07) is 4.96. The largest absolute Gasteiger partial charge is 0.497 e. The molecule has 0 aromatic heterocycles. The Morgan fingerprint density at radius 1 is 1.44 bits per heavy atom. The molecule has 0 spiro atoms. The zero-order valence-corrected chi connectivity index (χ0v) is 11.3. The van der Waals surface area contributed by atoms with Crippen LogP contribution in [0.5, 0.6) is 5.75 Å². The summed E-state index contributed by atoms with van der Waals surface area (Å²) in [5, 5.41) is 3.63. The Bertz CT molecular complexity index is 399. The summed E-state index contributed by atoms with van der Waals surface area (Å²) in [6.07, 6.45) is 3.34. The van der Waals surface area contributed by atoms with E-state index in [1.54, 1.807) is 12.1 Å². The van der Waals surface area contributed by atoms with Gasteiger partial charge in [0.15, 0.2) is 0 Å². The Hall–Kier alpha value is -0.800. The fraction of sp³-hybridized carbons (Fsp3) is 0.571. The molecule has 2 unspecified atom stereocenters. The third kappa shape index (κ3) is 3.59. The minimum atomic E-state index is -0.219. The van der Waals surface area contributed by atoms with E-state index in [9.17, 15) is 4.39 Å². The van der Waals surface area contributed by atoms with Gasteiger partial charge < -0.3 is 10.1 Å². The summed E-state index contributed by atoms with van der Waals surface area (Å²) in [6.45, 7) is 1.47. The van der Waals surface area contributed by atoms with Crippen molar-refractivity contribution in [3.8, 4) is 5.75 Å². The van der Waals surface area contributed by atoms with Gasteiger partial charge in [-0.1, -0.05) is 6.07 Å². The molecule has 0 heterocycles. The lowest BCUT2D eigenvalue weighted by Crippen LogP contribution is -2.21. The van der Waals surface area contributed by atoms with Crippen LogP contribution in [0, 0.1) is 11.7 Å². The first-order valence-electron chi connectivity index (χ1n) is 6.36. The lowest BCUT2D eigenvalue weighted by Gasteiger charge is -2.11. The first kappa shape index (κ1) is 13.6. The van der Waals surface area contributed by atoms with Crippen LogP contribution >= 0.6 is 11.6 Å². The van der Waals surface area contributed by atoms with Gasteiger partial charge in [0.1, 0.15) is 11.6 Å². The van der Waals surface area contributed by atoms with E-state index in [0.29, 0.717) is 29.2 Å². The lowest BCUT2D eigenvalue weighted by atomic mass is 10.1. The molecule has 0 amide bonds. The van der Waals surface area contributed by atoms with E-state index in [4.69, 9.17) is 16.3 Å². The SMILES string of the molecule is COc1ccc(CNCC2CCC(Cl)C2)c(F)c1. The van der Waals surface area contributed by atoms with Crippen LogP contribution in [0.2, 0.25) is 0 Å². The summed E-state index contributed by atoms with van der Waals surface area (Å²) >= 11 is 6.06. The normalized spacial score (nSPS) is 23.3. The number of methoxy groups -OCH3 is 1. The number of benzene rings is 1. The Morgan fingerprint density at radius 3 is 2.89 bits per heavy atom. The highest BCUT2D eigenvalue weighted by Crippen LogP contribution is 2.28. The van der Waals surface area contributed by atoms with Gasteiger partial charge in [-0.25, -0.2) is 4.39 Å². The summed E-state index contributed by atoms with van der Waals surface area (Å²) in [5.41, 5.74) is 0.677. The minimum absolute atomic E-state index is 0.219. The lowest BCUT2D eigenvalue weighted by molar-refractivity contribution is 0.410. The van der Waals surface area contributed by atoms with Crippen LogP contribution in [0.1, 0.15) is 24.8 Å². The van der Waals surface area contributed by atoms with Crippen molar-refractivity contribution in [1.82, 2.24) is 5.32 Å². The van der Waals surface area contributed by atoms with Gasteiger partial charge in [0, 0.05) is 23.6 Å². The second kappa shape index (κ2) is 6.39. The van der Waals surface area contributed by atoms with E-state index in [0.717, 1.165) is 19.4 Å². The van der Waals surface area contributed by atoms with Crippen molar-refractivity contribution in [2.75, 3.05) is 13.7 Å². The van der Waals surface area contributed by atoms with Gasteiger partial charge in [-0.2, -0.15) is 0 Å². The van der Waals surface area contributed by atoms with Crippen LogP contribution in [-0.4, -0.2) is 19.0 Å². The van der Waals surface area contributed by atoms with E-state index in [1.807, 2.05) is 0 Å². The highest BCUT2D eigenvalue weighted by Gasteiger charge is 2.22. The molecule has 1 N–H and O–H groups in total. The summed E-state index contributed by atoms with van der Waals surface area (Å²) < 4.78 is 18.6. The topological polar surface area (TPSA) is 21.3 Å². The number of rotatable bonds is 5. The predicted molar refractivity (Wildman–Crippen MR) is 71.6 cm³/mol. The van der Waals surface area contributed by atoms with Crippen molar-refractivity contribution < 1.29 is 9.13 Å². The van der Waals surface area contributed by atoms with Crippen LogP contribution in [0.15, 0.2) is 18.2 Å². The minimum Gasteiger partial charge on any atom is -0.497 e. The van der Waals surface area contributed by atoms with Gasteiger partial charge in [0.2, 0.25) is 0 Å². The molecule has 1 saturated carbocycles. The van der Waals surface area contributed by atoms with Crippen molar-refractivity contribution >= 4 is 11.6 Å². The van der Waals surface area contributed by atoms with Gasteiger partial charge in [-0.3, -0.25) is 0 Å². The maximum absolute atomic E-state index is 13.7. The zero-order valence-electron chi connectivity index (χ0n) is 10.6. The molecule has 2 atom stereocenters. The van der Waals surface area contributed by atoms with Crippen LogP contribution < -0.4 is 10.1 Å². The summed E-state index contributed by atoms with van der Waals surface area (Å²) in [5.74, 6) is 0.967. The van der Waals surface area contributed by atoms with E-state index in [2.05, 4.69) is 5.32 Å². The van der Waals surface area contributed by atoms with Crippen molar-refractivity contribution in [2.24, 2.45) is 5.92 Å². The monoisotopic (exact) mass is 271 g/mol. The summed E-state index contributed by atoms with van der Waals surface area (Å²) in [4.78, 5) is 0. The Balaban J connectivity index is 1.79. The van der Waals surface area contributed by atoms with E-state index in [-0.39, 0.29) is 5.82 Å². The Labute approximate surface area is 112 Å². The van der Waals surface area contributed by atoms with E-state index < -0.39 is 0 Å². The second-order valence-corrected chi connectivity index (χ2v) is 5.48. The van der Waals surface area contributed by atoms with Crippen molar-refractivity contribution in [3.63, 3.8) is 0 Å². The molecular formula is C14H19ClFNO. The molecule has 1 aliphatic rings. The summed E-state index contributed by atoms with van der Waals surface area (Å²) in [7, 11) is 1.54. The molecule has 0 radical (unpaired) electrons. The van der Waals surface area contributed by atoms with Crippen molar-refractivity contribution in [1.29, 1.82) is 0 Å². The molecule has 0 saturated heterocycles. The third-order valence-electron chi connectivity index (χ3n) is 3.49. The fourth-order valence-corrected chi connectivity index (χ4v) is 2.79. The molecule has 1 fully saturated rings. The fourth-order valence-electron chi connectivity index (χ4n) is 2.41. The van der Waals surface area contributed by atoms with E-state index in [1.165, 1.54) is 19.6 Å². The third-order valence-corrected chi connectivity index (χ3v) is 3.88. The van der Waals surface area contributed by atoms with Gasteiger partial charge in [-0.15, -0.1) is 11.6 Å². The highest BCUT2D eigenvalue weighted by atomic mass is 35.5. The average molecular weight is 272 g/mol. The molecule has 2 rings (SSSR count). The standard InChI is InChI=1S/C14H19ClFNO/c1-18-13-5-3-11(14(16)7-13)9-17-8-10-2-4-12(15)6-10/h3,5,7,10,12,17H,2,4,6,8-9H2,1H3. The first-order chi connectivity index (χ1) is 8.69. The number of halogens is 2.